The Hall–Kier alpha value is -3.07. The van der Waals surface area contributed by atoms with Gasteiger partial charge in [0, 0.05) is 30.8 Å². The van der Waals surface area contributed by atoms with Crippen LogP contribution in [0.2, 0.25) is 5.02 Å². The number of anilines is 2. The van der Waals surface area contributed by atoms with Crippen LogP contribution in [0.3, 0.4) is 0 Å². The van der Waals surface area contributed by atoms with Gasteiger partial charge in [-0.05, 0) is 24.6 Å². The predicted molar refractivity (Wildman–Crippen MR) is 99.9 cm³/mol. The third-order valence-corrected chi connectivity index (χ3v) is 4.87. The average Bonchev–Trinajstić information content (AvgIpc) is 3.03. The van der Waals surface area contributed by atoms with Crippen molar-refractivity contribution in [2.45, 2.75) is 19.5 Å². The summed E-state index contributed by atoms with van der Waals surface area (Å²) < 4.78 is 3.67. The maximum atomic E-state index is 12.9. The van der Waals surface area contributed by atoms with E-state index in [0.29, 0.717) is 24.1 Å². The average molecular weight is 390 g/mol. The highest BCUT2D eigenvalue weighted by atomic mass is 35.5. The molecule has 0 saturated carbocycles. The predicted octanol–water partition coefficient (Wildman–Crippen LogP) is 1.18. The molecule has 4 rings (SSSR count). The second kappa shape index (κ2) is 6.27. The monoisotopic (exact) mass is 389 g/mol. The smallest absolute Gasteiger partial charge is 0.333 e. The van der Waals surface area contributed by atoms with Crippen LogP contribution in [-0.4, -0.2) is 36.3 Å². The van der Waals surface area contributed by atoms with Gasteiger partial charge in [-0.1, -0.05) is 17.7 Å². The summed E-state index contributed by atoms with van der Waals surface area (Å²) in [6, 6.07) is 7.29. The van der Waals surface area contributed by atoms with Crippen LogP contribution < -0.4 is 16.1 Å². The zero-order valence-corrected chi connectivity index (χ0v) is 15.2. The Morgan fingerprint density at radius 2 is 2.07 bits per heavy atom. The normalized spacial score (nSPS) is 13.8. The Labute approximate surface area is 157 Å². The molecule has 0 bridgehead atoms. The molecule has 3 aromatic rings. The lowest BCUT2D eigenvalue weighted by Crippen LogP contribution is -2.41. The third-order valence-electron chi connectivity index (χ3n) is 4.63. The van der Waals surface area contributed by atoms with Gasteiger partial charge in [-0.2, -0.15) is 4.98 Å². The number of halogens is 1. The number of carboxylic acid groups (broad SMARTS) is 1. The second-order valence-electron chi connectivity index (χ2n) is 6.35. The van der Waals surface area contributed by atoms with Crippen molar-refractivity contribution in [2.24, 2.45) is 7.05 Å². The van der Waals surface area contributed by atoms with Gasteiger partial charge in [-0.15, -0.1) is 0 Å². The van der Waals surface area contributed by atoms with Crippen LogP contribution in [0.1, 0.15) is 6.42 Å². The van der Waals surface area contributed by atoms with Gasteiger partial charge in [0.2, 0.25) is 5.95 Å². The molecule has 1 aliphatic rings. The summed E-state index contributed by atoms with van der Waals surface area (Å²) >= 11 is 6.10. The number of hydrogen-bond donors (Lipinski definition) is 1. The summed E-state index contributed by atoms with van der Waals surface area (Å²) in [6.07, 6.45) is 0.756. The largest absolute Gasteiger partial charge is 0.480 e. The number of fused-ring (bicyclic) bond motifs is 3. The number of hydrogen-bond acceptors (Lipinski definition) is 5. The van der Waals surface area contributed by atoms with E-state index in [1.807, 2.05) is 17.0 Å². The molecule has 1 aliphatic heterocycles. The first-order valence-electron chi connectivity index (χ1n) is 8.33. The van der Waals surface area contributed by atoms with E-state index in [1.165, 1.54) is 11.6 Å². The van der Waals surface area contributed by atoms with Crippen LogP contribution in [0.4, 0.5) is 11.6 Å². The number of carbonyl (C=O) groups is 1. The molecule has 10 heteroatoms. The van der Waals surface area contributed by atoms with Crippen molar-refractivity contribution in [2.75, 3.05) is 11.4 Å². The quantitative estimate of drug-likeness (QED) is 0.721. The van der Waals surface area contributed by atoms with E-state index < -0.39 is 23.8 Å². The molecule has 140 valence electrons. The molecular weight excluding hydrogens is 374 g/mol. The highest BCUT2D eigenvalue weighted by Gasteiger charge is 2.27. The fraction of sp³-hybridized carbons (Fsp3) is 0.294. The topological polar surface area (TPSA) is 102 Å². The molecule has 0 spiro atoms. The van der Waals surface area contributed by atoms with Gasteiger partial charge in [-0.3, -0.25) is 14.2 Å². The Bertz CT molecular complexity index is 1190. The first kappa shape index (κ1) is 17.3. The van der Waals surface area contributed by atoms with Crippen LogP contribution in [0.15, 0.2) is 33.9 Å². The third kappa shape index (κ3) is 2.71. The number of benzene rings is 1. The van der Waals surface area contributed by atoms with Crippen molar-refractivity contribution in [3.8, 4) is 0 Å². The van der Waals surface area contributed by atoms with E-state index in [0.717, 1.165) is 16.7 Å². The Kier molecular flexibility index (Phi) is 4.03. The van der Waals surface area contributed by atoms with Crippen molar-refractivity contribution in [3.05, 3.63) is 50.1 Å². The highest BCUT2D eigenvalue weighted by molar-refractivity contribution is 6.30. The number of rotatable bonds is 3. The lowest BCUT2D eigenvalue weighted by Gasteiger charge is -2.29. The van der Waals surface area contributed by atoms with Crippen molar-refractivity contribution in [3.63, 3.8) is 0 Å². The summed E-state index contributed by atoms with van der Waals surface area (Å²) in [7, 11) is 1.48. The van der Waals surface area contributed by atoms with Crippen LogP contribution in [0.25, 0.3) is 11.2 Å². The van der Waals surface area contributed by atoms with E-state index in [1.54, 1.807) is 16.7 Å². The van der Waals surface area contributed by atoms with Gasteiger partial charge in [0.05, 0.1) is 0 Å². The zero-order chi connectivity index (χ0) is 19.3. The molecule has 0 saturated heterocycles. The zero-order valence-electron chi connectivity index (χ0n) is 14.4. The van der Waals surface area contributed by atoms with Gasteiger partial charge in [0.1, 0.15) is 6.54 Å². The molecular formula is C17H16ClN5O4. The van der Waals surface area contributed by atoms with E-state index in [-0.39, 0.29) is 11.2 Å². The standard InChI is InChI=1S/C17H16ClN5O4/c1-20-14-13(15(26)23(17(20)27)9-12(24)25)22-7-3-6-21(16(22)19-14)11-5-2-4-10(18)8-11/h2,4-5,8H,3,6-7,9H2,1H3,(H,24,25). The molecule has 0 aliphatic carbocycles. The summed E-state index contributed by atoms with van der Waals surface area (Å²) in [6.45, 7) is 0.532. The summed E-state index contributed by atoms with van der Waals surface area (Å²) in [5, 5.41) is 9.61. The fourth-order valence-corrected chi connectivity index (χ4v) is 3.61. The van der Waals surface area contributed by atoms with E-state index in [2.05, 4.69) is 4.98 Å². The van der Waals surface area contributed by atoms with E-state index in [4.69, 9.17) is 16.7 Å². The first-order valence-corrected chi connectivity index (χ1v) is 8.71. The van der Waals surface area contributed by atoms with Crippen molar-refractivity contribution in [1.82, 2.24) is 18.7 Å². The van der Waals surface area contributed by atoms with Crippen molar-refractivity contribution in [1.29, 1.82) is 0 Å². The number of imidazole rings is 1. The summed E-state index contributed by atoms with van der Waals surface area (Å²) in [5.74, 6) is -0.730. The van der Waals surface area contributed by atoms with Crippen molar-refractivity contribution < 1.29 is 9.90 Å². The molecule has 2 aromatic heterocycles. The molecule has 1 N–H and O–H groups in total. The van der Waals surface area contributed by atoms with Gasteiger partial charge < -0.3 is 14.6 Å². The maximum absolute atomic E-state index is 12.9. The van der Waals surface area contributed by atoms with Gasteiger partial charge >= 0.3 is 11.7 Å². The molecule has 0 radical (unpaired) electrons. The first-order chi connectivity index (χ1) is 12.9. The lowest BCUT2D eigenvalue weighted by atomic mass is 10.2. The minimum atomic E-state index is -1.26. The minimum absolute atomic E-state index is 0.222. The molecule has 1 aromatic carbocycles. The van der Waals surface area contributed by atoms with Crippen molar-refractivity contribution >= 4 is 40.4 Å². The molecule has 0 unspecified atom stereocenters. The number of carboxylic acids is 1. The van der Waals surface area contributed by atoms with Gasteiger partial charge in [-0.25, -0.2) is 9.36 Å². The Morgan fingerprint density at radius 1 is 1.30 bits per heavy atom. The molecule has 27 heavy (non-hydrogen) atoms. The van der Waals surface area contributed by atoms with Crippen LogP contribution in [0.5, 0.6) is 0 Å². The molecule has 9 nitrogen and oxygen atoms in total. The highest BCUT2D eigenvalue weighted by Crippen LogP contribution is 2.31. The van der Waals surface area contributed by atoms with Crippen LogP contribution in [-0.2, 0) is 24.9 Å². The number of aromatic nitrogens is 4. The summed E-state index contributed by atoms with van der Waals surface area (Å²) in [4.78, 5) is 42.8. The molecule has 3 heterocycles. The Balaban J connectivity index is 2.00. The number of aryl methyl sites for hydroxylation is 2. The molecule has 0 atom stereocenters. The SMILES string of the molecule is Cn1c(=O)n(CC(=O)O)c(=O)c2c1nc1n2CCCN1c1cccc(Cl)c1. The molecule has 0 fully saturated rings. The lowest BCUT2D eigenvalue weighted by molar-refractivity contribution is -0.137. The maximum Gasteiger partial charge on any atom is 0.333 e. The second-order valence-corrected chi connectivity index (χ2v) is 6.78. The van der Waals surface area contributed by atoms with Crippen LogP contribution >= 0.6 is 11.6 Å². The number of aliphatic carboxylic acids is 1. The minimum Gasteiger partial charge on any atom is -0.480 e. The van der Waals surface area contributed by atoms with Crippen LogP contribution in [0, 0.1) is 0 Å². The van der Waals surface area contributed by atoms with E-state index in [9.17, 15) is 14.4 Å². The Morgan fingerprint density at radius 3 is 2.78 bits per heavy atom. The molecule has 0 amide bonds. The van der Waals surface area contributed by atoms with E-state index >= 15 is 0 Å². The number of nitrogens with zero attached hydrogens (tertiary/aromatic N) is 5. The summed E-state index contributed by atoms with van der Waals surface area (Å²) in [5.41, 5.74) is -0.0768. The van der Waals surface area contributed by atoms with Gasteiger partial charge in [0.25, 0.3) is 5.56 Å². The fourth-order valence-electron chi connectivity index (χ4n) is 3.43. The van der Waals surface area contributed by atoms with Gasteiger partial charge in [0.15, 0.2) is 11.2 Å².